The monoisotopic (exact) mass is 447 g/mol. The Morgan fingerprint density at radius 1 is 1.04 bits per heavy atom. The van der Waals surface area contributed by atoms with Crippen LogP contribution in [0.2, 0.25) is 0 Å². The minimum Gasteiger partial charge on any atom is -0.483 e. The second kappa shape index (κ2) is 11.5. The number of anilines is 1. The Kier molecular flexibility index (Phi) is 9.01. The highest BCUT2D eigenvalue weighted by molar-refractivity contribution is 9.10. The summed E-state index contributed by atoms with van der Waals surface area (Å²) in [5.41, 5.74) is 2.16. The van der Waals surface area contributed by atoms with Gasteiger partial charge in [-0.3, -0.25) is 4.79 Å². The molecule has 0 heterocycles. The molecule has 0 unspecified atom stereocenters. The SMILES string of the molecule is CCCCCCOC(=O)c1ccc(NC(=O)COc2ccc(C)cc2Br)cc1. The summed E-state index contributed by atoms with van der Waals surface area (Å²) in [5.74, 6) is -0.0153. The number of carbonyl (C=O) groups excluding carboxylic acids is 2. The Hall–Kier alpha value is -2.34. The number of rotatable bonds is 10. The highest BCUT2D eigenvalue weighted by atomic mass is 79.9. The van der Waals surface area contributed by atoms with Crippen LogP contribution in [0.1, 0.15) is 48.5 Å². The van der Waals surface area contributed by atoms with Crippen molar-refractivity contribution in [2.45, 2.75) is 39.5 Å². The van der Waals surface area contributed by atoms with Crippen LogP contribution in [0, 0.1) is 6.92 Å². The maximum Gasteiger partial charge on any atom is 0.338 e. The van der Waals surface area contributed by atoms with Gasteiger partial charge in [0.2, 0.25) is 0 Å². The second-order valence-electron chi connectivity index (χ2n) is 6.54. The minimum atomic E-state index is -0.345. The van der Waals surface area contributed by atoms with Gasteiger partial charge in [0.25, 0.3) is 5.91 Å². The number of aryl methyl sites for hydroxylation is 1. The zero-order valence-electron chi connectivity index (χ0n) is 16.3. The van der Waals surface area contributed by atoms with Crippen molar-refractivity contribution in [3.05, 3.63) is 58.1 Å². The van der Waals surface area contributed by atoms with Gasteiger partial charge in [0, 0.05) is 5.69 Å². The summed E-state index contributed by atoms with van der Waals surface area (Å²) < 4.78 is 11.6. The molecule has 150 valence electrons. The number of benzene rings is 2. The normalized spacial score (nSPS) is 10.4. The molecule has 28 heavy (non-hydrogen) atoms. The molecule has 2 rings (SSSR count). The molecule has 0 saturated heterocycles. The summed E-state index contributed by atoms with van der Waals surface area (Å²) in [4.78, 5) is 24.1. The summed E-state index contributed by atoms with van der Waals surface area (Å²) in [6.45, 7) is 4.44. The van der Waals surface area contributed by atoms with Crippen LogP contribution < -0.4 is 10.1 Å². The Morgan fingerprint density at radius 2 is 1.79 bits per heavy atom. The number of unbranched alkanes of at least 4 members (excludes halogenated alkanes) is 3. The van der Waals surface area contributed by atoms with Crippen LogP contribution in [-0.4, -0.2) is 25.1 Å². The van der Waals surface area contributed by atoms with E-state index in [4.69, 9.17) is 9.47 Å². The van der Waals surface area contributed by atoms with Crippen molar-refractivity contribution in [3.8, 4) is 5.75 Å². The first-order valence-corrected chi connectivity index (χ1v) is 10.2. The number of amides is 1. The Balaban J connectivity index is 1.78. The zero-order chi connectivity index (χ0) is 20.4. The van der Waals surface area contributed by atoms with E-state index >= 15 is 0 Å². The molecule has 0 spiro atoms. The van der Waals surface area contributed by atoms with E-state index in [1.807, 2.05) is 25.1 Å². The summed E-state index contributed by atoms with van der Waals surface area (Å²) >= 11 is 3.42. The molecule has 0 aliphatic heterocycles. The molecule has 0 aliphatic rings. The first kappa shape index (κ1) is 22.0. The van der Waals surface area contributed by atoms with Gasteiger partial charge in [-0.05, 0) is 71.2 Å². The van der Waals surface area contributed by atoms with Gasteiger partial charge in [-0.2, -0.15) is 0 Å². The fourth-order valence-corrected chi connectivity index (χ4v) is 3.14. The largest absolute Gasteiger partial charge is 0.483 e. The van der Waals surface area contributed by atoms with E-state index in [0.29, 0.717) is 23.6 Å². The predicted molar refractivity (Wildman–Crippen MR) is 114 cm³/mol. The fraction of sp³-hybridized carbons (Fsp3) is 0.364. The molecule has 1 N–H and O–H groups in total. The van der Waals surface area contributed by atoms with Gasteiger partial charge in [-0.1, -0.05) is 32.3 Å². The first-order valence-electron chi connectivity index (χ1n) is 9.45. The van der Waals surface area contributed by atoms with Gasteiger partial charge in [-0.15, -0.1) is 0 Å². The summed E-state index contributed by atoms with van der Waals surface area (Å²) in [7, 11) is 0. The van der Waals surface area contributed by atoms with Crippen LogP contribution >= 0.6 is 15.9 Å². The van der Waals surface area contributed by atoms with E-state index in [1.165, 1.54) is 0 Å². The molecule has 0 aliphatic carbocycles. The highest BCUT2D eigenvalue weighted by Gasteiger charge is 2.09. The van der Waals surface area contributed by atoms with Crippen LogP contribution in [0.15, 0.2) is 46.9 Å². The van der Waals surface area contributed by atoms with E-state index in [-0.39, 0.29) is 18.5 Å². The lowest BCUT2D eigenvalue weighted by atomic mass is 10.2. The third kappa shape index (κ3) is 7.35. The quantitative estimate of drug-likeness (QED) is 0.385. The van der Waals surface area contributed by atoms with Crippen LogP contribution in [0.5, 0.6) is 5.75 Å². The molecule has 2 aromatic rings. The van der Waals surface area contributed by atoms with Gasteiger partial charge < -0.3 is 14.8 Å². The lowest BCUT2D eigenvalue weighted by Crippen LogP contribution is -2.20. The van der Waals surface area contributed by atoms with Gasteiger partial charge in [0.1, 0.15) is 5.75 Å². The lowest BCUT2D eigenvalue weighted by molar-refractivity contribution is -0.118. The second-order valence-corrected chi connectivity index (χ2v) is 7.40. The van der Waals surface area contributed by atoms with E-state index < -0.39 is 0 Å². The van der Waals surface area contributed by atoms with Gasteiger partial charge >= 0.3 is 5.97 Å². The minimum absolute atomic E-state index is 0.108. The molecular weight excluding hydrogens is 422 g/mol. The predicted octanol–water partition coefficient (Wildman–Crippen LogP) is 5.51. The molecule has 2 aromatic carbocycles. The zero-order valence-corrected chi connectivity index (χ0v) is 17.9. The van der Waals surface area contributed by atoms with Gasteiger partial charge in [-0.25, -0.2) is 4.79 Å². The number of halogens is 1. The van der Waals surface area contributed by atoms with E-state index in [9.17, 15) is 9.59 Å². The molecule has 0 fully saturated rings. The molecule has 0 saturated carbocycles. The fourth-order valence-electron chi connectivity index (χ4n) is 2.53. The van der Waals surface area contributed by atoms with Crippen molar-refractivity contribution in [2.24, 2.45) is 0 Å². The van der Waals surface area contributed by atoms with Gasteiger partial charge in [0.05, 0.1) is 16.6 Å². The number of hydrogen-bond acceptors (Lipinski definition) is 4. The van der Waals surface area contributed by atoms with Gasteiger partial charge in [0.15, 0.2) is 6.61 Å². The van der Waals surface area contributed by atoms with E-state index in [0.717, 1.165) is 35.7 Å². The average molecular weight is 448 g/mol. The maximum atomic E-state index is 12.1. The van der Waals surface area contributed by atoms with Crippen molar-refractivity contribution in [1.82, 2.24) is 0 Å². The molecule has 1 amide bonds. The molecule has 6 heteroatoms. The topological polar surface area (TPSA) is 64.6 Å². The third-order valence-corrected chi connectivity index (χ3v) is 4.70. The smallest absolute Gasteiger partial charge is 0.338 e. The maximum absolute atomic E-state index is 12.1. The van der Waals surface area contributed by atoms with Crippen LogP contribution in [-0.2, 0) is 9.53 Å². The lowest BCUT2D eigenvalue weighted by Gasteiger charge is -2.10. The molecule has 5 nitrogen and oxygen atoms in total. The van der Waals surface area contributed by atoms with E-state index in [2.05, 4.69) is 28.2 Å². The Labute approximate surface area is 174 Å². The number of ether oxygens (including phenoxy) is 2. The highest BCUT2D eigenvalue weighted by Crippen LogP contribution is 2.25. The standard InChI is InChI=1S/C22H26BrNO4/c1-3-4-5-6-13-27-22(26)17-8-10-18(11-9-17)24-21(25)15-28-20-12-7-16(2)14-19(20)23/h7-12,14H,3-6,13,15H2,1-2H3,(H,24,25). The van der Waals surface area contributed by atoms with Crippen molar-refractivity contribution in [1.29, 1.82) is 0 Å². The number of hydrogen-bond donors (Lipinski definition) is 1. The van der Waals surface area contributed by atoms with Crippen molar-refractivity contribution in [2.75, 3.05) is 18.5 Å². The van der Waals surface area contributed by atoms with Crippen LogP contribution in [0.3, 0.4) is 0 Å². The van der Waals surface area contributed by atoms with E-state index in [1.54, 1.807) is 24.3 Å². The van der Waals surface area contributed by atoms with Crippen molar-refractivity contribution < 1.29 is 19.1 Å². The molecule has 0 bridgehead atoms. The number of nitrogens with one attached hydrogen (secondary N) is 1. The number of esters is 1. The summed E-state index contributed by atoms with van der Waals surface area (Å²) in [5, 5.41) is 2.74. The van der Waals surface area contributed by atoms with Crippen molar-refractivity contribution in [3.63, 3.8) is 0 Å². The molecular formula is C22H26BrNO4. The summed E-state index contributed by atoms with van der Waals surface area (Å²) in [6.07, 6.45) is 4.24. The Morgan fingerprint density at radius 3 is 2.46 bits per heavy atom. The molecule has 0 atom stereocenters. The summed E-state index contributed by atoms with van der Waals surface area (Å²) in [6, 6.07) is 12.3. The first-order chi connectivity index (χ1) is 13.5. The number of carbonyl (C=O) groups is 2. The average Bonchev–Trinajstić information content (AvgIpc) is 2.67. The van der Waals surface area contributed by atoms with Crippen LogP contribution in [0.4, 0.5) is 5.69 Å². The van der Waals surface area contributed by atoms with Crippen molar-refractivity contribution >= 4 is 33.5 Å². The third-order valence-electron chi connectivity index (χ3n) is 4.08. The van der Waals surface area contributed by atoms with Crippen LogP contribution in [0.25, 0.3) is 0 Å². The molecule has 0 aromatic heterocycles. The Bertz CT molecular complexity index is 790. The molecule has 0 radical (unpaired) electrons.